The summed E-state index contributed by atoms with van der Waals surface area (Å²) < 4.78 is 1.70. The fourth-order valence-electron chi connectivity index (χ4n) is 1.60. The van der Waals surface area contributed by atoms with Gasteiger partial charge in [-0.15, -0.1) is 0 Å². The molecule has 3 aromatic heterocycles. The second-order valence-corrected chi connectivity index (χ2v) is 3.63. The normalized spacial score (nSPS) is 13.0. The summed E-state index contributed by atoms with van der Waals surface area (Å²) >= 11 is 0. The fourth-order valence-corrected chi connectivity index (χ4v) is 1.60. The van der Waals surface area contributed by atoms with E-state index in [1.165, 1.54) is 12.7 Å². The number of hydrogen-bond acceptors (Lipinski definition) is 6. The molecule has 0 aliphatic heterocycles. The van der Waals surface area contributed by atoms with E-state index in [2.05, 4.69) is 30.0 Å². The summed E-state index contributed by atoms with van der Waals surface area (Å²) in [4.78, 5) is 19.3. The van der Waals surface area contributed by atoms with Crippen molar-refractivity contribution in [1.29, 1.82) is 0 Å². The fraction of sp³-hybridized carbons (Fsp3) is 0.222. The molecular formula is C9H10N8. The summed E-state index contributed by atoms with van der Waals surface area (Å²) in [6.07, 6.45) is 4.50. The van der Waals surface area contributed by atoms with Crippen LogP contribution in [0.5, 0.6) is 0 Å². The van der Waals surface area contributed by atoms with Crippen LogP contribution >= 0.6 is 0 Å². The Morgan fingerprint density at radius 3 is 2.94 bits per heavy atom. The number of imidazole rings is 1. The second-order valence-electron chi connectivity index (χ2n) is 3.63. The van der Waals surface area contributed by atoms with Gasteiger partial charge in [0.2, 0.25) is 0 Å². The summed E-state index contributed by atoms with van der Waals surface area (Å²) in [5.41, 5.74) is 6.93. The molecule has 0 aliphatic rings. The SMILES string of the molecule is CC(c1nc2ncnc(N)c2[nH]1)n1cncn1. The van der Waals surface area contributed by atoms with Gasteiger partial charge in [-0.2, -0.15) is 5.10 Å². The molecule has 0 bridgehead atoms. The van der Waals surface area contributed by atoms with Gasteiger partial charge < -0.3 is 10.7 Å². The average Bonchev–Trinajstić information content (AvgIpc) is 2.98. The molecule has 0 saturated heterocycles. The van der Waals surface area contributed by atoms with Gasteiger partial charge in [0.05, 0.1) is 0 Å². The Morgan fingerprint density at radius 2 is 2.24 bits per heavy atom. The highest BCUT2D eigenvalue weighted by Gasteiger charge is 2.15. The minimum Gasteiger partial charge on any atom is -0.382 e. The number of fused-ring (bicyclic) bond motifs is 1. The first kappa shape index (κ1) is 9.70. The van der Waals surface area contributed by atoms with Crippen LogP contribution in [0.1, 0.15) is 18.8 Å². The summed E-state index contributed by atoms with van der Waals surface area (Å²) in [6.45, 7) is 1.95. The van der Waals surface area contributed by atoms with E-state index in [4.69, 9.17) is 5.73 Å². The smallest absolute Gasteiger partial charge is 0.183 e. The van der Waals surface area contributed by atoms with E-state index in [0.717, 1.165) is 5.82 Å². The second kappa shape index (κ2) is 3.51. The molecule has 8 heteroatoms. The van der Waals surface area contributed by atoms with E-state index in [1.54, 1.807) is 11.0 Å². The zero-order valence-corrected chi connectivity index (χ0v) is 9.07. The van der Waals surface area contributed by atoms with Crippen molar-refractivity contribution in [3.8, 4) is 0 Å². The molecule has 1 atom stereocenters. The number of rotatable bonds is 2. The van der Waals surface area contributed by atoms with Crippen LogP contribution in [0.15, 0.2) is 19.0 Å². The zero-order chi connectivity index (χ0) is 11.8. The third kappa shape index (κ3) is 1.50. The first-order chi connectivity index (χ1) is 8.25. The third-order valence-electron chi connectivity index (χ3n) is 2.57. The molecule has 0 aromatic carbocycles. The summed E-state index contributed by atoms with van der Waals surface area (Å²) in [7, 11) is 0. The predicted molar refractivity (Wildman–Crippen MR) is 59.9 cm³/mol. The molecule has 3 heterocycles. The maximum Gasteiger partial charge on any atom is 0.183 e. The predicted octanol–water partition coefficient (Wildman–Crippen LogP) is 0.136. The Kier molecular flexibility index (Phi) is 2.00. The Morgan fingerprint density at radius 1 is 1.35 bits per heavy atom. The van der Waals surface area contributed by atoms with Crippen molar-refractivity contribution in [2.75, 3.05) is 5.73 Å². The lowest BCUT2D eigenvalue weighted by atomic mass is 10.3. The maximum absolute atomic E-state index is 5.73. The first-order valence-electron chi connectivity index (χ1n) is 5.06. The largest absolute Gasteiger partial charge is 0.382 e. The molecule has 0 aliphatic carbocycles. The Balaban J connectivity index is 2.10. The van der Waals surface area contributed by atoms with Gasteiger partial charge in [0.25, 0.3) is 0 Å². The third-order valence-corrected chi connectivity index (χ3v) is 2.57. The lowest BCUT2D eigenvalue weighted by Crippen LogP contribution is -2.08. The van der Waals surface area contributed by atoms with Crippen molar-refractivity contribution < 1.29 is 0 Å². The lowest BCUT2D eigenvalue weighted by Gasteiger charge is -2.06. The zero-order valence-electron chi connectivity index (χ0n) is 9.07. The number of aromatic amines is 1. The van der Waals surface area contributed by atoms with Crippen LogP contribution in [0.2, 0.25) is 0 Å². The molecule has 0 amide bonds. The minimum absolute atomic E-state index is 0.0638. The van der Waals surface area contributed by atoms with E-state index in [1.807, 2.05) is 6.92 Å². The van der Waals surface area contributed by atoms with Crippen molar-refractivity contribution in [2.45, 2.75) is 13.0 Å². The molecule has 0 spiro atoms. The Hall–Kier alpha value is -2.51. The van der Waals surface area contributed by atoms with Crippen molar-refractivity contribution in [1.82, 2.24) is 34.7 Å². The van der Waals surface area contributed by atoms with Gasteiger partial charge in [0.15, 0.2) is 11.5 Å². The van der Waals surface area contributed by atoms with Crippen LogP contribution in [0, 0.1) is 0 Å². The number of nitrogens with zero attached hydrogens (tertiary/aromatic N) is 6. The van der Waals surface area contributed by atoms with Crippen LogP contribution in [0.25, 0.3) is 11.2 Å². The average molecular weight is 230 g/mol. The topological polar surface area (TPSA) is 111 Å². The molecule has 1 unspecified atom stereocenters. The number of nitrogen functional groups attached to an aromatic ring is 1. The van der Waals surface area contributed by atoms with Crippen LogP contribution < -0.4 is 5.73 Å². The van der Waals surface area contributed by atoms with E-state index in [0.29, 0.717) is 17.0 Å². The Bertz CT molecular complexity index is 640. The van der Waals surface area contributed by atoms with Crippen molar-refractivity contribution in [3.63, 3.8) is 0 Å². The number of anilines is 1. The molecule has 3 N–H and O–H groups in total. The molecule has 17 heavy (non-hydrogen) atoms. The van der Waals surface area contributed by atoms with E-state index in [9.17, 15) is 0 Å². The van der Waals surface area contributed by atoms with E-state index in [-0.39, 0.29) is 6.04 Å². The number of nitrogens with one attached hydrogen (secondary N) is 1. The van der Waals surface area contributed by atoms with Gasteiger partial charge in [0.1, 0.15) is 36.4 Å². The van der Waals surface area contributed by atoms with Crippen molar-refractivity contribution in [2.24, 2.45) is 0 Å². The summed E-state index contributed by atoms with van der Waals surface area (Å²) in [6, 6.07) is -0.0638. The minimum atomic E-state index is -0.0638. The molecule has 86 valence electrons. The monoisotopic (exact) mass is 230 g/mol. The van der Waals surface area contributed by atoms with Gasteiger partial charge in [-0.1, -0.05) is 0 Å². The summed E-state index contributed by atoms with van der Waals surface area (Å²) in [5, 5.41) is 4.06. The van der Waals surface area contributed by atoms with E-state index >= 15 is 0 Å². The summed E-state index contributed by atoms with van der Waals surface area (Å²) in [5.74, 6) is 1.11. The standard InChI is InChI=1S/C9H10N8/c1-5(17-4-11-2-14-17)8-15-6-7(10)12-3-13-9(6)16-8/h2-5H,1H3,(H3,10,12,13,15,16). The highest BCUT2D eigenvalue weighted by atomic mass is 15.3. The highest BCUT2D eigenvalue weighted by Crippen LogP contribution is 2.19. The van der Waals surface area contributed by atoms with Gasteiger partial charge in [-0.05, 0) is 6.92 Å². The number of aromatic nitrogens is 7. The molecule has 0 radical (unpaired) electrons. The molecule has 3 aromatic rings. The molecule has 8 nitrogen and oxygen atoms in total. The van der Waals surface area contributed by atoms with Gasteiger partial charge in [-0.25, -0.2) is 24.6 Å². The quantitative estimate of drug-likeness (QED) is 0.647. The van der Waals surface area contributed by atoms with Gasteiger partial charge in [-0.3, -0.25) is 0 Å². The lowest BCUT2D eigenvalue weighted by molar-refractivity contribution is 0.540. The Labute approximate surface area is 95.9 Å². The molecule has 3 rings (SSSR count). The van der Waals surface area contributed by atoms with Crippen LogP contribution in [-0.4, -0.2) is 34.7 Å². The maximum atomic E-state index is 5.73. The van der Waals surface area contributed by atoms with Gasteiger partial charge in [0, 0.05) is 0 Å². The van der Waals surface area contributed by atoms with Crippen molar-refractivity contribution >= 4 is 17.0 Å². The van der Waals surface area contributed by atoms with Crippen molar-refractivity contribution in [3.05, 3.63) is 24.8 Å². The van der Waals surface area contributed by atoms with E-state index < -0.39 is 0 Å². The van der Waals surface area contributed by atoms with Gasteiger partial charge >= 0.3 is 0 Å². The highest BCUT2D eigenvalue weighted by molar-refractivity contribution is 5.81. The molecule has 0 fully saturated rings. The number of nitrogens with two attached hydrogens (primary N) is 1. The van der Waals surface area contributed by atoms with Crippen LogP contribution in [0.4, 0.5) is 5.82 Å². The van der Waals surface area contributed by atoms with Crippen LogP contribution in [-0.2, 0) is 0 Å². The molecule has 0 saturated carbocycles. The number of H-pyrrole nitrogens is 1. The molecular weight excluding hydrogens is 220 g/mol. The van der Waals surface area contributed by atoms with Crippen LogP contribution in [0.3, 0.4) is 0 Å². The first-order valence-corrected chi connectivity index (χ1v) is 5.06. The number of hydrogen-bond donors (Lipinski definition) is 2.